The number of rotatable bonds is 6. The molecule has 1 aliphatic rings. The molecule has 21 heavy (non-hydrogen) atoms. The summed E-state index contributed by atoms with van der Waals surface area (Å²) in [5.41, 5.74) is 0.490. The average molecular weight is 291 g/mol. The quantitative estimate of drug-likeness (QED) is 0.731. The molecule has 0 heterocycles. The van der Waals surface area contributed by atoms with Gasteiger partial charge in [0.05, 0.1) is 24.5 Å². The number of aliphatic hydroxyl groups excluding tert-OH is 1. The Balaban J connectivity index is 1.97. The molecule has 0 aliphatic heterocycles. The molecule has 0 radical (unpaired) electrons. The topological polar surface area (TPSA) is 86.6 Å². The first-order valence-electron chi connectivity index (χ1n) is 7.06. The van der Waals surface area contributed by atoms with Crippen molar-refractivity contribution >= 4 is 11.9 Å². The largest absolute Gasteiger partial charge is 0.481 e. The number of carbonyl (C=O) groups is 2. The lowest BCUT2D eigenvalue weighted by molar-refractivity contribution is -0.140. The van der Waals surface area contributed by atoms with Gasteiger partial charge >= 0.3 is 5.97 Å². The van der Waals surface area contributed by atoms with Gasteiger partial charge in [-0.25, -0.2) is 0 Å². The molecule has 0 aromatic heterocycles. The first-order chi connectivity index (χ1) is 9.87. The van der Waals surface area contributed by atoms with E-state index in [2.05, 4.69) is 5.32 Å². The minimum absolute atomic E-state index is 0.175. The van der Waals surface area contributed by atoms with E-state index >= 15 is 0 Å². The lowest BCUT2D eigenvalue weighted by Gasteiger charge is -2.17. The molecule has 1 aromatic rings. The van der Waals surface area contributed by atoms with Gasteiger partial charge in [-0.1, -0.05) is 44.2 Å². The second-order valence-electron chi connectivity index (χ2n) is 6.19. The highest BCUT2D eigenvalue weighted by molar-refractivity contribution is 5.91. The predicted octanol–water partition coefficient (Wildman–Crippen LogP) is 1.06. The number of carboxylic acids is 1. The Hall–Kier alpha value is -1.88. The fourth-order valence-corrected chi connectivity index (χ4v) is 2.94. The number of hydrogen-bond donors (Lipinski definition) is 3. The van der Waals surface area contributed by atoms with Crippen molar-refractivity contribution in [2.45, 2.75) is 26.3 Å². The number of benzene rings is 1. The monoisotopic (exact) mass is 291 g/mol. The lowest BCUT2D eigenvalue weighted by atomic mass is 10.1. The van der Waals surface area contributed by atoms with E-state index in [4.69, 9.17) is 5.11 Å². The van der Waals surface area contributed by atoms with Gasteiger partial charge in [0.2, 0.25) is 5.91 Å². The number of hydrogen-bond acceptors (Lipinski definition) is 3. The molecule has 3 N–H and O–H groups in total. The summed E-state index contributed by atoms with van der Waals surface area (Å²) in [4.78, 5) is 23.3. The number of aliphatic carboxylic acids is 1. The number of amides is 1. The number of aliphatic hydroxyl groups is 1. The van der Waals surface area contributed by atoms with E-state index in [1.165, 1.54) is 0 Å². The molecular formula is C16H21NO4. The van der Waals surface area contributed by atoms with Crippen LogP contribution in [0, 0.1) is 17.3 Å². The second-order valence-corrected chi connectivity index (χ2v) is 6.19. The molecule has 5 nitrogen and oxygen atoms in total. The van der Waals surface area contributed by atoms with Crippen molar-refractivity contribution in [2.24, 2.45) is 17.3 Å². The minimum Gasteiger partial charge on any atom is -0.481 e. The predicted molar refractivity (Wildman–Crippen MR) is 77.6 cm³/mol. The van der Waals surface area contributed by atoms with Gasteiger partial charge in [0.1, 0.15) is 0 Å². The molecule has 2 rings (SSSR count). The van der Waals surface area contributed by atoms with E-state index in [1.54, 1.807) is 13.8 Å². The van der Waals surface area contributed by atoms with Crippen LogP contribution in [0.3, 0.4) is 0 Å². The van der Waals surface area contributed by atoms with Crippen molar-refractivity contribution in [1.29, 1.82) is 0 Å². The second kappa shape index (κ2) is 5.85. The summed E-state index contributed by atoms with van der Waals surface area (Å²) in [5.74, 6) is -2.40. The molecule has 2 unspecified atom stereocenters. The summed E-state index contributed by atoms with van der Waals surface area (Å²) < 4.78 is 0. The van der Waals surface area contributed by atoms with Crippen LogP contribution < -0.4 is 5.32 Å². The van der Waals surface area contributed by atoms with E-state index in [0.717, 1.165) is 5.56 Å². The van der Waals surface area contributed by atoms with Gasteiger partial charge in [-0.3, -0.25) is 9.59 Å². The fourth-order valence-electron chi connectivity index (χ4n) is 2.94. The van der Waals surface area contributed by atoms with Crippen molar-refractivity contribution < 1.29 is 19.8 Å². The van der Waals surface area contributed by atoms with Crippen LogP contribution in [0.25, 0.3) is 0 Å². The highest BCUT2D eigenvalue weighted by Gasteiger charge is 2.65. The third-order valence-corrected chi connectivity index (χ3v) is 4.27. The molecule has 0 saturated heterocycles. The maximum Gasteiger partial charge on any atom is 0.307 e. The Morgan fingerprint density at radius 2 is 1.86 bits per heavy atom. The molecule has 114 valence electrons. The highest BCUT2D eigenvalue weighted by atomic mass is 16.4. The van der Waals surface area contributed by atoms with Crippen molar-refractivity contribution in [3.05, 3.63) is 35.9 Å². The van der Waals surface area contributed by atoms with E-state index < -0.39 is 29.3 Å². The Kier molecular flexibility index (Phi) is 4.32. The van der Waals surface area contributed by atoms with Gasteiger partial charge in [-0.2, -0.15) is 0 Å². The number of carbonyl (C=O) groups excluding carboxylic acids is 1. The summed E-state index contributed by atoms with van der Waals surface area (Å²) in [6.45, 7) is 3.38. The Bertz CT molecular complexity index is 526. The van der Waals surface area contributed by atoms with Gasteiger partial charge in [0.15, 0.2) is 0 Å². The maximum absolute atomic E-state index is 12.2. The van der Waals surface area contributed by atoms with Crippen LogP contribution in [0.5, 0.6) is 0 Å². The standard InChI is InChI=1S/C16H21NO4/c1-16(2)12(13(16)15(20)21)14(19)17-11(9-18)8-10-6-4-3-5-7-10/h3-7,11-13,18H,8-9H2,1-2H3,(H,17,19)(H,20,21)/t11-,12?,13?/m1/s1. The zero-order valence-corrected chi connectivity index (χ0v) is 12.2. The van der Waals surface area contributed by atoms with Crippen LogP contribution in [-0.2, 0) is 16.0 Å². The zero-order valence-electron chi connectivity index (χ0n) is 12.2. The van der Waals surface area contributed by atoms with Crippen LogP contribution in [0.4, 0.5) is 0 Å². The van der Waals surface area contributed by atoms with Crippen molar-refractivity contribution in [3.63, 3.8) is 0 Å². The summed E-state index contributed by atoms with van der Waals surface area (Å²) in [5, 5.41) is 21.3. The highest BCUT2D eigenvalue weighted by Crippen LogP contribution is 2.58. The van der Waals surface area contributed by atoms with Gasteiger partial charge in [0, 0.05) is 0 Å². The normalized spacial score (nSPS) is 24.1. The molecule has 0 spiro atoms. The summed E-state index contributed by atoms with van der Waals surface area (Å²) in [6, 6.07) is 9.16. The molecule has 1 aliphatic carbocycles. The van der Waals surface area contributed by atoms with Gasteiger partial charge < -0.3 is 15.5 Å². The molecule has 1 fully saturated rings. The van der Waals surface area contributed by atoms with Crippen molar-refractivity contribution in [2.75, 3.05) is 6.61 Å². The Morgan fingerprint density at radius 3 is 2.33 bits per heavy atom. The maximum atomic E-state index is 12.2. The first-order valence-corrected chi connectivity index (χ1v) is 7.06. The SMILES string of the molecule is CC1(C)C(C(=O)O)C1C(=O)N[C@@H](CO)Cc1ccccc1. The lowest BCUT2D eigenvalue weighted by Crippen LogP contribution is -2.40. The third kappa shape index (κ3) is 3.24. The number of nitrogens with one attached hydrogen (secondary N) is 1. The van der Waals surface area contributed by atoms with Crippen LogP contribution in [-0.4, -0.2) is 34.7 Å². The molecule has 1 saturated carbocycles. The van der Waals surface area contributed by atoms with Crippen LogP contribution in [0.1, 0.15) is 19.4 Å². The fraction of sp³-hybridized carbons (Fsp3) is 0.500. The average Bonchev–Trinajstić information content (AvgIpc) is 3.02. The van der Waals surface area contributed by atoms with Gasteiger partial charge in [0.25, 0.3) is 0 Å². The van der Waals surface area contributed by atoms with Crippen LogP contribution >= 0.6 is 0 Å². The Labute approximate surface area is 124 Å². The van der Waals surface area contributed by atoms with Crippen LogP contribution in [0.15, 0.2) is 30.3 Å². The van der Waals surface area contributed by atoms with E-state index in [-0.39, 0.29) is 12.5 Å². The smallest absolute Gasteiger partial charge is 0.307 e. The Morgan fingerprint density at radius 1 is 1.24 bits per heavy atom. The third-order valence-electron chi connectivity index (χ3n) is 4.27. The number of carboxylic acid groups (broad SMARTS) is 1. The van der Waals surface area contributed by atoms with Gasteiger partial charge in [-0.05, 0) is 17.4 Å². The summed E-state index contributed by atoms with van der Waals surface area (Å²) in [7, 11) is 0. The molecule has 3 atom stereocenters. The first kappa shape index (κ1) is 15.5. The van der Waals surface area contributed by atoms with Crippen LogP contribution in [0.2, 0.25) is 0 Å². The minimum atomic E-state index is -0.941. The van der Waals surface area contributed by atoms with E-state index in [1.807, 2.05) is 30.3 Å². The molecule has 1 aromatic carbocycles. The van der Waals surface area contributed by atoms with E-state index in [0.29, 0.717) is 6.42 Å². The van der Waals surface area contributed by atoms with E-state index in [9.17, 15) is 14.7 Å². The zero-order chi connectivity index (χ0) is 15.6. The summed E-state index contributed by atoms with van der Waals surface area (Å²) >= 11 is 0. The molecule has 1 amide bonds. The molecular weight excluding hydrogens is 270 g/mol. The molecule has 5 heteroatoms. The van der Waals surface area contributed by atoms with Crippen molar-refractivity contribution in [3.8, 4) is 0 Å². The molecule has 0 bridgehead atoms. The van der Waals surface area contributed by atoms with Gasteiger partial charge in [-0.15, -0.1) is 0 Å². The summed E-state index contributed by atoms with van der Waals surface area (Å²) in [6.07, 6.45) is 0.522. The van der Waals surface area contributed by atoms with Crippen molar-refractivity contribution in [1.82, 2.24) is 5.32 Å².